The summed E-state index contributed by atoms with van der Waals surface area (Å²) >= 11 is 0. The molecule has 1 aliphatic rings. The predicted molar refractivity (Wildman–Crippen MR) is 139 cm³/mol. The van der Waals surface area contributed by atoms with Gasteiger partial charge in [-0.15, -0.1) is 0 Å². The zero-order valence-corrected chi connectivity index (χ0v) is 23.4. The van der Waals surface area contributed by atoms with Crippen molar-refractivity contribution in [1.82, 2.24) is 5.32 Å². The summed E-state index contributed by atoms with van der Waals surface area (Å²) in [6, 6.07) is -0.347. The van der Waals surface area contributed by atoms with E-state index in [1.165, 1.54) is 0 Å². The minimum Gasteiger partial charge on any atom is -0.394 e. The van der Waals surface area contributed by atoms with E-state index in [4.69, 9.17) is 9.47 Å². The molecule has 10 nitrogen and oxygen atoms in total. The minimum atomic E-state index is -1.42. The lowest BCUT2D eigenvalue weighted by molar-refractivity contribution is -0.179. The monoisotopic (exact) mass is 533 g/mol. The molecule has 0 spiro atoms. The van der Waals surface area contributed by atoms with Gasteiger partial charge in [-0.25, -0.2) is 0 Å². The van der Waals surface area contributed by atoms with E-state index in [0.717, 1.165) is 6.42 Å². The van der Waals surface area contributed by atoms with Gasteiger partial charge in [0.05, 0.1) is 44.6 Å². The molecular formula is C27H51NO9. The van der Waals surface area contributed by atoms with Gasteiger partial charge in [0.1, 0.15) is 23.6 Å². The molecule has 1 aliphatic heterocycles. The Morgan fingerprint density at radius 3 is 2.08 bits per heavy atom. The second-order valence-electron chi connectivity index (χ2n) is 11.1. The number of carbonyl (C=O) groups is 2. The molecule has 6 N–H and O–H groups in total. The van der Waals surface area contributed by atoms with Crippen molar-refractivity contribution in [2.24, 2.45) is 17.8 Å². The number of aliphatic hydroxyl groups excluding tert-OH is 5. The smallest absolute Gasteiger partial charge is 0.222 e. The first-order chi connectivity index (χ1) is 17.3. The zero-order valence-electron chi connectivity index (χ0n) is 23.4. The van der Waals surface area contributed by atoms with Crippen LogP contribution in [0.2, 0.25) is 0 Å². The second kappa shape index (κ2) is 16.1. The van der Waals surface area contributed by atoms with Gasteiger partial charge in [0.15, 0.2) is 0 Å². The zero-order chi connectivity index (χ0) is 28.3. The van der Waals surface area contributed by atoms with Crippen molar-refractivity contribution in [3.63, 3.8) is 0 Å². The normalized spacial score (nSPS) is 26.9. The number of rotatable bonds is 18. The molecular weight excluding hydrogens is 482 g/mol. The van der Waals surface area contributed by atoms with Crippen LogP contribution in [-0.2, 0) is 19.1 Å². The first-order valence-corrected chi connectivity index (χ1v) is 13.7. The van der Waals surface area contributed by atoms with Crippen molar-refractivity contribution in [2.75, 3.05) is 19.8 Å². The van der Waals surface area contributed by atoms with Crippen molar-refractivity contribution in [1.29, 1.82) is 0 Å². The lowest BCUT2D eigenvalue weighted by atomic mass is 9.90. The van der Waals surface area contributed by atoms with Crippen molar-refractivity contribution in [3.8, 4) is 0 Å². The highest BCUT2D eigenvalue weighted by molar-refractivity contribution is 5.80. The van der Waals surface area contributed by atoms with Gasteiger partial charge in [-0.1, -0.05) is 54.4 Å². The number of carbonyl (C=O) groups excluding carboxylic acids is 2. The van der Waals surface area contributed by atoms with E-state index in [9.17, 15) is 35.1 Å². The van der Waals surface area contributed by atoms with Crippen molar-refractivity contribution < 1.29 is 44.6 Å². The summed E-state index contributed by atoms with van der Waals surface area (Å²) in [5, 5.41) is 54.1. The third-order valence-corrected chi connectivity index (χ3v) is 7.75. The highest BCUT2D eigenvalue weighted by Crippen LogP contribution is 2.33. The molecule has 0 aliphatic carbocycles. The standard InChI is InChI=1S/C27H51NO9/c1-7-17(5)21(9-19(31)10-22(33)16(3)4)28-25(34)12-20(32)11-23(18(6)8-2)37-27(14-30)15-36-24(13-29)26(27)35/h16-21,23-24,26,29-32,35H,7-15H2,1-6H3,(H,28,34)/t17-,18-,19-,20-,21-,23-,24-,26?,27?/m0/s1. The Morgan fingerprint density at radius 2 is 1.59 bits per heavy atom. The molecule has 218 valence electrons. The number of hydrogen-bond acceptors (Lipinski definition) is 9. The topological polar surface area (TPSA) is 166 Å². The van der Waals surface area contributed by atoms with E-state index in [2.05, 4.69) is 5.32 Å². The van der Waals surface area contributed by atoms with Gasteiger partial charge < -0.3 is 40.3 Å². The fourth-order valence-electron chi connectivity index (χ4n) is 4.55. The third kappa shape index (κ3) is 10.2. The van der Waals surface area contributed by atoms with Gasteiger partial charge in [-0.2, -0.15) is 0 Å². The summed E-state index contributed by atoms with van der Waals surface area (Å²) in [4.78, 5) is 24.8. The molecule has 1 fully saturated rings. The van der Waals surface area contributed by atoms with Gasteiger partial charge in [-0.05, 0) is 18.3 Å². The SMILES string of the molecule is CC[C@H](C)[C@H](C[C@H](O)CC(=O)C(C)C)NC(=O)C[C@@H](O)C[C@H](OC1(CO)CO[C@@H](CO)C1O)[C@@H](C)CC. The maximum atomic E-state index is 12.8. The molecule has 1 saturated heterocycles. The summed E-state index contributed by atoms with van der Waals surface area (Å²) in [5.74, 6) is -0.558. The summed E-state index contributed by atoms with van der Waals surface area (Å²) in [6.45, 7) is 10.4. The summed E-state index contributed by atoms with van der Waals surface area (Å²) < 4.78 is 11.5. The molecule has 37 heavy (non-hydrogen) atoms. The number of amides is 1. The maximum Gasteiger partial charge on any atom is 0.222 e. The van der Waals surface area contributed by atoms with Gasteiger partial charge in [0.25, 0.3) is 0 Å². The minimum absolute atomic E-state index is 0.0306. The Hall–Kier alpha value is -1.14. The largest absolute Gasteiger partial charge is 0.394 e. The van der Waals surface area contributed by atoms with Crippen LogP contribution < -0.4 is 5.32 Å². The first kappa shape index (κ1) is 33.9. The first-order valence-electron chi connectivity index (χ1n) is 13.7. The molecule has 0 saturated carbocycles. The lowest BCUT2D eigenvalue weighted by Gasteiger charge is -2.37. The van der Waals surface area contributed by atoms with E-state index in [0.29, 0.717) is 6.42 Å². The van der Waals surface area contributed by atoms with Crippen molar-refractivity contribution in [3.05, 3.63) is 0 Å². The Balaban J connectivity index is 2.81. The number of ether oxygens (including phenoxy) is 2. The molecule has 0 radical (unpaired) electrons. The Morgan fingerprint density at radius 1 is 1.00 bits per heavy atom. The molecule has 0 bridgehead atoms. The lowest BCUT2D eigenvalue weighted by Crippen LogP contribution is -2.53. The third-order valence-electron chi connectivity index (χ3n) is 7.75. The molecule has 2 unspecified atom stereocenters. The highest BCUT2D eigenvalue weighted by Gasteiger charge is 2.51. The number of nitrogens with one attached hydrogen (secondary N) is 1. The van der Waals surface area contributed by atoms with E-state index >= 15 is 0 Å². The van der Waals surface area contributed by atoms with E-state index in [1.807, 2.05) is 27.7 Å². The van der Waals surface area contributed by atoms with E-state index < -0.39 is 49.3 Å². The van der Waals surface area contributed by atoms with Gasteiger partial charge in [0, 0.05) is 24.8 Å². The average molecular weight is 534 g/mol. The fourth-order valence-corrected chi connectivity index (χ4v) is 4.55. The van der Waals surface area contributed by atoms with Crippen LogP contribution in [0, 0.1) is 17.8 Å². The molecule has 1 amide bonds. The maximum absolute atomic E-state index is 12.8. The van der Waals surface area contributed by atoms with E-state index in [-0.39, 0.29) is 67.8 Å². The van der Waals surface area contributed by atoms with Crippen LogP contribution >= 0.6 is 0 Å². The molecule has 0 aromatic carbocycles. The van der Waals surface area contributed by atoms with Crippen LogP contribution in [0.5, 0.6) is 0 Å². The van der Waals surface area contributed by atoms with Crippen LogP contribution in [0.15, 0.2) is 0 Å². The molecule has 1 heterocycles. The Labute approximate surface area is 221 Å². The van der Waals surface area contributed by atoms with Crippen LogP contribution in [0.3, 0.4) is 0 Å². The quantitative estimate of drug-likeness (QED) is 0.150. The second-order valence-corrected chi connectivity index (χ2v) is 11.1. The summed E-state index contributed by atoms with van der Waals surface area (Å²) in [7, 11) is 0. The summed E-state index contributed by atoms with van der Waals surface area (Å²) in [6.07, 6.45) is -2.93. The van der Waals surface area contributed by atoms with Crippen LogP contribution in [-0.4, -0.2) is 99.2 Å². The van der Waals surface area contributed by atoms with Crippen LogP contribution in [0.25, 0.3) is 0 Å². The van der Waals surface area contributed by atoms with Crippen LogP contribution in [0.1, 0.15) is 80.1 Å². The average Bonchev–Trinajstić information content (AvgIpc) is 3.16. The molecule has 10 heteroatoms. The van der Waals surface area contributed by atoms with E-state index in [1.54, 1.807) is 13.8 Å². The predicted octanol–water partition coefficient (Wildman–Crippen LogP) is 0.939. The molecule has 0 aromatic heterocycles. The van der Waals surface area contributed by atoms with Gasteiger partial charge >= 0.3 is 0 Å². The fraction of sp³-hybridized carbons (Fsp3) is 0.926. The molecule has 0 aromatic rings. The van der Waals surface area contributed by atoms with Crippen molar-refractivity contribution >= 4 is 11.7 Å². The molecule has 1 rings (SSSR count). The Bertz CT molecular complexity index is 691. The number of Topliss-reactive ketones (excluding diaryl/α,β-unsaturated/α-hetero) is 1. The molecule has 9 atom stereocenters. The highest BCUT2D eigenvalue weighted by atomic mass is 16.6. The number of ketones is 1. The van der Waals surface area contributed by atoms with Crippen LogP contribution in [0.4, 0.5) is 0 Å². The van der Waals surface area contributed by atoms with Gasteiger partial charge in [0.2, 0.25) is 5.91 Å². The van der Waals surface area contributed by atoms with Gasteiger partial charge in [-0.3, -0.25) is 9.59 Å². The summed E-state index contributed by atoms with van der Waals surface area (Å²) in [5.41, 5.74) is -1.42. The number of aliphatic hydroxyl groups is 5. The van der Waals surface area contributed by atoms with Crippen molar-refractivity contribution in [2.45, 2.75) is 122 Å². The Kier molecular flexibility index (Phi) is 14.7. The number of hydrogen-bond donors (Lipinski definition) is 6.